The first-order chi connectivity index (χ1) is 14.9. The van der Waals surface area contributed by atoms with Crippen molar-refractivity contribution in [1.82, 2.24) is 19.8 Å². The summed E-state index contributed by atoms with van der Waals surface area (Å²) < 4.78 is 13.1. The lowest BCUT2D eigenvalue weighted by Gasteiger charge is -2.36. The van der Waals surface area contributed by atoms with E-state index >= 15 is 0 Å². The number of nitrogens with zero attached hydrogens (tertiary/aromatic N) is 4. The molecule has 1 fully saturated rings. The topological polar surface area (TPSA) is 78.4 Å². The molecular formula is C23H30FN5O2. The Hall–Kier alpha value is -2.87. The van der Waals surface area contributed by atoms with Crippen LogP contribution in [-0.4, -0.2) is 57.8 Å². The predicted molar refractivity (Wildman–Crippen MR) is 117 cm³/mol. The molecule has 7 nitrogen and oxygen atoms in total. The second kappa shape index (κ2) is 10.4. The van der Waals surface area contributed by atoms with E-state index in [0.717, 1.165) is 32.4 Å². The highest BCUT2D eigenvalue weighted by Gasteiger charge is 2.31. The third-order valence-electron chi connectivity index (χ3n) is 5.72. The summed E-state index contributed by atoms with van der Waals surface area (Å²) >= 11 is 0. The number of piperidine rings is 1. The second-order valence-corrected chi connectivity index (χ2v) is 7.75. The van der Waals surface area contributed by atoms with E-state index in [2.05, 4.69) is 20.2 Å². The van der Waals surface area contributed by atoms with Crippen LogP contribution >= 0.6 is 0 Å². The van der Waals surface area contributed by atoms with Gasteiger partial charge in [0.25, 0.3) is 5.91 Å². The van der Waals surface area contributed by atoms with Crippen molar-refractivity contribution in [3.05, 3.63) is 53.4 Å². The Morgan fingerprint density at radius 1 is 1.19 bits per heavy atom. The SMILES string of the molecule is CCN(CC)CC(=O)N1CCCC[C@@H]1c1ncc(C(=O)Nc2ccc(F)cc2)c(C)n1. The Morgan fingerprint density at radius 2 is 1.90 bits per heavy atom. The highest BCUT2D eigenvalue weighted by molar-refractivity contribution is 6.04. The van der Waals surface area contributed by atoms with Crippen molar-refractivity contribution >= 4 is 17.5 Å². The fourth-order valence-electron chi connectivity index (χ4n) is 3.83. The van der Waals surface area contributed by atoms with Crippen LogP contribution in [-0.2, 0) is 4.79 Å². The van der Waals surface area contributed by atoms with Gasteiger partial charge in [-0.3, -0.25) is 14.5 Å². The molecule has 0 saturated carbocycles. The largest absolute Gasteiger partial charge is 0.331 e. The van der Waals surface area contributed by atoms with Gasteiger partial charge in [-0.15, -0.1) is 0 Å². The Kier molecular flexibility index (Phi) is 7.68. The molecule has 1 aliphatic heterocycles. The van der Waals surface area contributed by atoms with Crippen molar-refractivity contribution in [2.45, 2.75) is 46.1 Å². The maximum atomic E-state index is 13.1. The molecule has 0 spiro atoms. The molecule has 1 aromatic heterocycles. The molecule has 166 valence electrons. The molecule has 1 saturated heterocycles. The van der Waals surface area contributed by atoms with E-state index in [1.54, 1.807) is 6.92 Å². The molecule has 31 heavy (non-hydrogen) atoms. The van der Waals surface area contributed by atoms with Crippen molar-refractivity contribution in [2.24, 2.45) is 0 Å². The molecule has 1 aliphatic rings. The third kappa shape index (κ3) is 5.64. The van der Waals surface area contributed by atoms with Crippen LogP contribution in [0, 0.1) is 12.7 Å². The molecule has 0 unspecified atom stereocenters. The van der Waals surface area contributed by atoms with Gasteiger partial charge in [-0.2, -0.15) is 0 Å². The molecule has 2 heterocycles. The zero-order valence-corrected chi connectivity index (χ0v) is 18.4. The number of hydrogen-bond acceptors (Lipinski definition) is 5. The maximum absolute atomic E-state index is 13.1. The molecule has 0 bridgehead atoms. The number of likely N-dealkylation sites (tertiary alicyclic amines) is 1. The lowest BCUT2D eigenvalue weighted by molar-refractivity contribution is -0.136. The lowest BCUT2D eigenvalue weighted by atomic mass is 10.0. The van der Waals surface area contributed by atoms with Crippen LogP contribution in [0.3, 0.4) is 0 Å². The van der Waals surface area contributed by atoms with Crippen molar-refractivity contribution in [3.63, 3.8) is 0 Å². The number of likely N-dealkylation sites (N-methyl/N-ethyl adjacent to an activating group) is 1. The van der Waals surface area contributed by atoms with E-state index in [0.29, 0.717) is 35.9 Å². The smallest absolute Gasteiger partial charge is 0.259 e. The number of nitrogens with one attached hydrogen (secondary N) is 1. The summed E-state index contributed by atoms with van der Waals surface area (Å²) in [6.45, 7) is 8.60. The monoisotopic (exact) mass is 427 g/mol. The summed E-state index contributed by atoms with van der Waals surface area (Å²) in [5, 5.41) is 2.73. The van der Waals surface area contributed by atoms with Crippen LogP contribution in [0.25, 0.3) is 0 Å². The summed E-state index contributed by atoms with van der Waals surface area (Å²) in [6, 6.07) is 5.40. The zero-order chi connectivity index (χ0) is 22.4. The van der Waals surface area contributed by atoms with Crippen LogP contribution in [0.5, 0.6) is 0 Å². The van der Waals surface area contributed by atoms with Crippen molar-refractivity contribution in [2.75, 3.05) is 31.5 Å². The molecule has 3 rings (SSSR count). The van der Waals surface area contributed by atoms with Gasteiger partial charge in [0.2, 0.25) is 5.91 Å². The minimum absolute atomic E-state index is 0.0905. The quantitative estimate of drug-likeness (QED) is 0.731. The minimum atomic E-state index is -0.366. The number of rotatable bonds is 7. The van der Waals surface area contributed by atoms with Gasteiger partial charge in [0.1, 0.15) is 5.82 Å². The van der Waals surface area contributed by atoms with Crippen molar-refractivity contribution in [1.29, 1.82) is 0 Å². The predicted octanol–water partition coefficient (Wildman–Crippen LogP) is 3.57. The average Bonchev–Trinajstić information content (AvgIpc) is 2.78. The number of aromatic nitrogens is 2. The molecule has 0 aliphatic carbocycles. The lowest BCUT2D eigenvalue weighted by Crippen LogP contribution is -2.44. The summed E-state index contributed by atoms with van der Waals surface area (Å²) in [7, 11) is 0. The number of aryl methyl sites for hydroxylation is 1. The summed E-state index contributed by atoms with van der Waals surface area (Å²) in [6.07, 6.45) is 4.30. The minimum Gasteiger partial charge on any atom is -0.331 e. The number of benzene rings is 1. The van der Waals surface area contributed by atoms with Gasteiger partial charge in [0.05, 0.1) is 23.8 Å². The highest BCUT2D eigenvalue weighted by Crippen LogP contribution is 2.29. The van der Waals surface area contributed by atoms with Gasteiger partial charge in [0.15, 0.2) is 5.82 Å². The fraction of sp³-hybridized carbons (Fsp3) is 0.478. The van der Waals surface area contributed by atoms with Crippen LogP contribution in [0.2, 0.25) is 0 Å². The van der Waals surface area contributed by atoms with Crippen LogP contribution in [0.1, 0.15) is 61.0 Å². The van der Waals surface area contributed by atoms with E-state index in [9.17, 15) is 14.0 Å². The summed E-state index contributed by atoms with van der Waals surface area (Å²) in [5.41, 5.74) is 1.39. The third-order valence-corrected chi connectivity index (χ3v) is 5.72. The fourth-order valence-corrected chi connectivity index (χ4v) is 3.83. The van der Waals surface area contributed by atoms with Crippen LogP contribution < -0.4 is 5.32 Å². The average molecular weight is 428 g/mol. The van der Waals surface area contributed by atoms with E-state index in [-0.39, 0.29) is 23.7 Å². The molecule has 0 radical (unpaired) electrons. The summed E-state index contributed by atoms with van der Waals surface area (Å²) in [4.78, 5) is 38.6. The Morgan fingerprint density at radius 3 is 2.55 bits per heavy atom. The molecule has 1 aromatic carbocycles. The first-order valence-electron chi connectivity index (χ1n) is 10.8. The van der Waals surface area contributed by atoms with Gasteiger partial charge in [0, 0.05) is 18.4 Å². The van der Waals surface area contributed by atoms with E-state index in [1.165, 1.54) is 30.5 Å². The molecule has 1 atom stereocenters. The zero-order valence-electron chi connectivity index (χ0n) is 18.4. The number of hydrogen-bond donors (Lipinski definition) is 1. The molecular weight excluding hydrogens is 397 g/mol. The van der Waals surface area contributed by atoms with Crippen molar-refractivity contribution in [3.8, 4) is 0 Å². The Bertz CT molecular complexity index is 915. The van der Waals surface area contributed by atoms with Gasteiger partial charge >= 0.3 is 0 Å². The normalized spacial score (nSPS) is 16.4. The molecule has 1 N–H and O–H groups in total. The molecule has 8 heteroatoms. The standard InChI is InChI=1S/C23H30FN5O2/c1-4-28(5-2)15-21(30)29-13-7-6-8-20(29)22-25-14-19(16(3)26-22)23(31)27-18-11-9-17(24)10-12-18/h9-12,14,20H,4-8,13,15H2,1-3H3,(H,27,31)/t20-/m1/s1. The van der Waals surface area contributed by atoms with E-state index in [4.69, 9.17) is 0 Å². The Balaban J connectivity index is 1.75. The van der Waals surface area contributed by atoms with Crippen LogP contribution in [0.15, 0.2) is 30.5 Å². The maximum Gasteiger partial charge on any atom is 0.259 e. The van der Waals surface area contributed by atoms with Gasteiger partial charge in [-0.1, -0.05) is 13.8 Å². The van der Waals surface area contributed by atoms with Gasteiger partial charge < -0.3 is 10.2 Å². The number of carbonyl (C=O) groups excluding carboxylic acids is 2. The number of halogens is 1. The second-order valence-electron chi connectivity index (χ2n) is 7.75. The number of carbonyl (C=O) groups is 2. The van der Waals surface area contributed by atoms with Gasteiger partial charge in [-0.05, 0) is 63.5 Å². The van der Waals surface area contributed by atoms with Gasteiger partial charge in [-0.25, -0.2) is 14.4 Å². The van der Waals surface area contributed by atoms with E-state index < -0.39 is 0 Å². The van der Waals surface area contributed by atoms with E-state index in [1.807, 2.05) is 18.7 Å². The van der Waals surface area contributed by atoms with Crippen molar-refractivity contribution < 1.29 is 14.0 Å². The summed E-state index contributed by atoms with van der Waals surface area (Å²) in [5.74, 6) is -0.0561. The first-order valence-corrected chi connectivity index (χ1v) is 10.8. The molecule has 2 aromatic rings. The Labute approximate surface area is 182 Å². The number of amides is 2. The highest BCUT2D eigenvalue weighted by atomic mass is 19.1. The number of anilines is 1. The first kappa shape index (κ1) is 22.8. The molecule has 2 amide bonds. The van der Waals surface area contributed by atoms with Crippen LogP contribution in [0.4, 0.5) is 10.1 Å².